The molecule has 2 aromatic rings. The van der Waals surface area contributed by atoms with Crippen LogP contribution < -0.4 is 0 Å². The number of nitrogens with zero attached hydrogens (tertiary/aromatic N) is 1. The minimum atomic E-state index is 0.335. The van der Waals surface area contributed by atoms with Crippen molar-refractivity contribution in [3.05, 3.63) is 82.4 Å². The minimum absolute atomic E-state index is 0.335. The number of benzene rings is 2. The summed E-state index contributed by atoms with van der Waals surface area (Å²) in [7, 11) is 0. The molecule has 0 saturated carbocycles. The quantitative estimate of drug-likeness (QED) is 0.415. The Bertz CT molecular complexity index is 766. The summed E-state index contributed by atoms with van der Waals surface area (Å²) in [5.74, 6) is 1.02. The van der Waals surface area contributed by atoms with E-state index < -0.39 is 0 Å². The summed E-state index contributed by atoms with van der Waals surface area (Å²) in [5.41, 5.74) is 2.68. The van der Waals surface area contributed by atoms with Gasteiger partial charge in [-0.25, -0.2) is 0 Å². The fraction of sp³-hybridized carbons (Fsp3) is 0.440. The Kier molecular flexibility index (Phi) is 7.62. The molecule has 3 rings (SSSR count). The number of allylic oxidation sites excluding steroid dienone is 1. The molecule has 0 radical (unpaired) electrons. The molecule has 1 nitrogen and oxygen atoms in total. The normalized spacial score (nSPS) is 23.1. The van der Waals surface area contributed by atoms with Crippen molar-refractivity contribution in [3.8, 4) is 0 Å². The van der Waals surface area contributed by atoms with Gasteiger partial charge in [0, 0.05) is 34.6 Å². The topological polar surface area (TPSA) is 3.24 Å². The van der Waals surface area contributed by atoms with Crippen LogP contribution in [0.15, 0.2) is 61.2 Å². The molecule has 0 amide bonds. The zero-order chi connectivity index (χ0) is 20.1. The van der Waals surface area contributed by atoms with Gasteiger partial charge in [0.05, 0.1) is 0 Å². The van der Waals surface area contributed by atoms with Gasteiger partial charge in [0.25, 0.3) is 0 Å². The van der Waals surface area contributed by atoms with Crippen LogP contribution in [0, 0.1) is 5.92 Å². The number of hydrogen-bond donors (Lipinski definition) is 0. The summed E-state index contributed by atoms with van der Waals surface area (Å²) in [5, 5.41) is 1.60. The molecule has 0 aromatic heterocycles. The SMILES string of the molecule is C=CC[C@@H]1C[C@H](c2cccc(Cl)c2)[C@@H](c2ccc(Cl)cc2)N(C(CC)CC)C1. The Morgan fingerprint density at radius 1 is 1.04 bits per heavy atom. The molecule has 1 saturated heterocycles. The molecule has 150 valence electrons. The summed E-state index contributed by atoms with van der Waals surface area (Å²) in [6.45, 7) is 9.73. The Morgan fingerprint density at radius 2 is 1.75 bits per heavy atom. The second-order valence-electron chi connectivity index (χ2n) is 7.95. The van der Waals surface area contributed by atoms with E-state index in [4.69, 9.17) is 23.2 Å². The summed E-state index contributed by atoms with van der Waals surface area (Å²) in [6.07, 6.45) is 6.60. The third kappa shape index (κ3) is 4.82. The van der Waals surface area contributed by atoms with Crippen molar-refractivity contribution in [2.45, 2.75) is 57.5 Å². The summed E-state index contributed by atoms with van der Waals surface area (Å²) < 4.78 is 0. The molecular weight excluding hydrogens is 385 g/mol. The number of piperidine rings is 1. The lowest BCUT2D eigenvalue weighted by Crippen LogP contribution is -2.47. The smallest absolute Gasteiger partial charge is 0.0419 e. The van der Waals surface area contributed by atoms with Gasteiger partial charge >= 0.3 is 0 Å². The van der Waals surface area contributed by atoms with Gasteiger partial charge in [-0.05, 0) is 67.0 Å². The lowest BCUT2D eigenvalue weighted by atomic mass is 9.74. The summed E-state index contributed by atoms with van der Waals surface area (Å²) >= 11 is 12.6. The van der Waals surface area contributed by atoms with Gasteiger partial charge in [0.1, 0.15) is 0 Å². The van der Waals surface area contributed by atoms with Crippen molar-refractivity contribution in [1.29, 1.82) is 0 Å². The lowest BCUT2D eigenvalue weighted by molar-refractivity contribution is 0.0414. The van der Waals surface area contributed by atoms with Crippen molar-refractivity contribution >= 4 is 23.2 Å². The van der Waals surface area contributed by atoms with Crippen LogP contribution >= 0.6 is 23.2 Å². The lowest BCUT2D eigenvalue weighted by Gasteiger charge is -2.48. The summed E-state index contributed by atoms with van der Waals surface area (Å²) in [6, 6.07) is 17.8. The predicted molar refractivity (Wildman–Crippen MR) is 122 cm³/mol. The maximum absolute atomic E-state index is 6.38. The Labute approximate surface area is 180 Å². The first kappa shape index (κ1) is 21.4. The molecule has 1 heterocycles. The first-order valence-electron chi connectivity index (χ1n) is 10.4. The molecule has 0 unspecified atom stereocenters. The largest absolute Gasteiger partial charge is 0.293 e. The zero-order valence-corrected chi connectivity index (χ0v) is 18.5. The maximum atomic E-state index is 6.38. The number of rotatable bonds is 7. The molecular formula is C25H31Cl2N. The van der Waals surface area contributed by atoms with Crippen molar-refractivity contribution in [3.63, 3.8) is 0 Å². The van der Waals surface area contributed by atoms with Crippen LogP contribution in [0.4, 0.5) is 0 Å². The van der Waals surface area contributed by atoms with Gasteiger partial charge in [-0.1, -0.05) is 67.4 Å². The van der Waals surface area contributed by atoms with Crippen molar-refractivity contribution in [1.82, 2.24) is 4.90 Å². The van der Waals surface area contributed by atoms with E-state index in [1.54, 1.807) is 0 Å². The highest BCUT2D eigenvalue weighted by Crippen LogP contribution is 2.47. The molecule has 1 aliphatic rings. The minimum Gasteiger partial charge on any atom is -0.293 e. The van der Waals surface area contributed by atoms with Crippen LogP contribution in [0.5, 0.6) is 0 Å². The third-order valence-corrected chi connectivity index (χ3v) is 6.68. The fourth-order valence-corrected chi connectivity index (χ4v) is 5.21. The monoisotopic (exact) mass is 415 g/mol. The van der Waals surface area contributed by atoms with E-state index in [-0.39, 0.29) is 0 Å². The molecule has 0 N–H and O–H groups in total. The van der Waals surface area contributed by atoms with Crippen molar-refractivity contribution < 1.29 is 0 Å². The molecule has 1 aliphatic heterocycles. The molecule has 0 spiro atoms. The van der Waals surface area contributed by atoms with E-state index in [9.17, 15) is 0 Å². The van der Waals surface area contributed by atoms with Crippen molar-refractivity contribution in [2.24, 2.45) is 5.92 Å². The number of hydrogen-bond acceptors (Lipinski definition) is 1. The molecule has 0 bridgehead atoms. The van der Waals surface area contributed by atoms with Gasteiger partial charge in [0.15, 0.2) is 0 Å². The van der Waals surface area contributed by atoms with Gasteiger partial charge in [-0.3, -0.25) is 4.90 Å². The molecule has 1 fully saturated rings. The fourth-order valence-electron chi connectivity index (χ4n) is 4.89. The Morgan fingerprint density at radius 3 is 2.36 bits per heavy atom. The zero-order valence-electron chi connectivity index (χ0n) is 17.0. The number of halogens is 2. The maximum Gasteiger partial charge on any atom is 0.0419 e. The first-order valence-corrected chi connectivity index (χ1v) is 11.2. The number of likely N-dealkylation sites (tertiary alicyclic amines) is 1. The van der Waals surface area contributed by atoms with Gasteiger partial charge in [0.2, 0.25) is 0 Å². The van der Waals surface area contributed by atoms with E-state index in [0.29, 0.717) is 23.9 Å². The van der Waals surface area contributed by atoms with E-state index in [1.807, 2.05) is 18.2 Å². The van der Waals surface area contributed by atoms with Gasteiger partial charge in [-0.15, -0.1) is 6.58 Å². The van der Waals surface area contributed by atoms with E-state index >= 15 is 0 Å². The highest BCUT2D eigenvalue weighted by atomic mass is 35.5. The predicted octanol–water partition coefficient (Wildman–Crippen LogP) is 7.90. The van der Waals surface area contributed by atoms with Crippen LogP contribution in [-0.2, 0) is 0 Å². The third-order valence-electron chi connectivity index (χ3n) is 6.19. The average molecular weight is 416 g/mol. The van der Waals surface area contributed by atoms with Gasteiger partial charge < -0.3 is 0 Å². The highest BCUT2D eigenvalue weighted by Gasteiger charge is 2.39. The second kappa shape index (κ2) is 9.96. The standard InChI is InChI=1S/C25H31Cl2N/c1-4-8-18-15-24(20-9-7-10-22(27)16-20)25(19-11-13-21(26)14-12-19)28(17-18)23(5-2)6-3/h4,7,9-14,16,18,23-25H,1,5-6,8,15,17H2,2-3H3/t18-,24-,25-/m1/s1. The van der Waals surface area contributed by atoms with Crippen LogP contribution in [-0.4, -0.2) is 17.5 Å². The Hall–Kier alpha value is -1.28. The average Bonchev–Trinajstić information content (AvgIpc) is 2.70. The molecule has 3 atom stereocenters. The molecule has 28 heavy (non-hydrogen) atoms. The van der Waals surface area contributed by atoms with E-state index in [1.165, 1.54) is 11.1 Å². The summed E-state index contributed by atoms with van der Waals surface area (Å²) in [4.78, 5) is 2.74. The van der Waals surface area contributed by atoms with E-state index in [2.05, 4.69) is 61.7 Å². The highest BCUT2D eigenvalue weighted by molar-refractivity contribution is 6.30. The van der Waals surface area contributed by atoms with Crippen LogP contribution in [0.25, 0.3) is 0 Å². The van der Waals surface area contributed by atoms with Crippen LogP contribution in [0.3, 0.4) is 0 Å². The van der Waals surface area contributed by atoms with Crippen molar-refractivity contribution in [2.75, 3.05) is 6.54 Å². The van der Waals surface area contributed by atoms with Gasteiger partial charge in [-0.2, -0.15) is 0 Å². The molecule has 0 aliphatic carbocycles. The second-order valence-corrected chi connectivity index (χ2v) is 8.82. The Balaban J connectivity index is 2.09. The van der Waals surface area contributed by atoms with E-state index in [0.717, 1.165) is 42.3 Å². The first-order chi connectivity index (χ1) is 13.6. The van der Waals surface area contributed by atoms with Crippen LogP contribution in [0.2, 0.25) is 10.0 Å². The van der Waals surface area contributed by atoms with Crippen LogP contribution in [0.1, 0.15) is 62.6 Å². The molecule has 3 heteroatoms. The molecule has 2 aromatic carbocycles.